The van der Waals surface area contributed by atoms with Gasteiger partial charge in [-0.05, 0) is 53.0 Å². The van der Waals surface area contributed by atoms with Crippen LogP contribution in [0.2, 0.25) is 0 Å². The van der Waals surface area contributed by atoms with Crippen LogP contribution in [-0.2, 0) is 11.3 Å². The van der Waals surface area contributed by atoms with Crippen molar-refractivity contribution in [2.45, 2.75) is 82.4 Å². The molecule has 0 aliphatic heterocycles. The lowest BCUT2D eigenvalue weighted by Crippen LogP contribution is -2.45. The standard InChI is InChI=1S/C21H30N4OS/c1-14(2)25(15(3)4)20(26)16(5)27-21-23-22-19(18-11-12-18)24(21)13-17-9-7-6-8-10-17/h6-10,14-16,18H,11-13H2,1-5H3. The van der Waals surface area contributed by atoms with Crippen molar-refractivity contribution in [1.29, 1.82) is 0 Å². The molecule has 1 heterocycles. The van der Waals surface area contributed by atoms with Crippen molar-refractivity contribution in [3.63, 3.8) is 0 Å². The smallest absolute Gasteiger partial charge is 0.236 e. The van der Waals surface area contributed by atoms with E-state index in [1.165, 1.54) is 30.2 Å². The minimum atomic E-state index is -0.194. The number of rotatable bonds is 8. The van der Waals surface area contributed by atoms with Gasteiger partial charge in [-0.1, -0.05) is 42.1 Å². The minimum Gasteiger partial charge on any atom is -0.337 e. The second-order valence-corrected chi connectivity index (χ2v) is 9.19. The maximum absolute atomic E-state index is 13.0. The number of hydrogen-bond donors (Lipinski definition) is 0. The van der Waals surface area contributed by atoms with E-state index in [1.54, 1.807) is 0 Å². The molecule has 3 rings (SSSR count). The van der Waals surface area contributed by atoms with Crippen molar-refractivity contribution < 1.29 is 4.79 Å². The highest BCUT2D eigenvalue weighted by molar-refractivity contribution is 8.00. The first-order chi connectivity index (χ1) is 12.9. The highest BCUT2D eigenvalue weighted by Gasteiger charge is 2.32. The molecule has 6 heteroatoms. The van der Waals surface area contributed by atoms with Crippen LogP contribution < -0.4 is 0 Å². The molecule has 1 fully saturated rings. The van der Waals surface area contributed by atoms with Crippen LogP contribution in [0, 0.1) is 0 Å². The molecule has 1 aliphatic carbocycles. The lowest BCUT2D eigenvalue weighted by atomic mass is 10.2. The summed E-state index contributed by atoms with van der Waals surface area (Å²) < 4.78 is 2.20. The Labute approximate surface area is 166 Å². The number of aromatic nitrogens is 3. The van der Waals surface area contributed by atoms with E-state index in [2.05, 4.69) is 66.7 Å². The molecule has 1 aromatic heterocycles. The van der Waals surface area contributed by atoms with Gasteiger partial charge in [-0.15, -0.1) is 10.2 Å². The van der Waals surface area contributed by atoms with Crippen molar-refractivity contribution >= 4 is 17.7 Å². The average Bonchev–Trinajstić information content (AvgIpc) is 3.39. The molecule has 1 aromatic carbocycles. The number of nitrogens with zero attached hydrogens (tertiary/aromatic N) is 4. The van der Waals surface area contributed by atoms with Crippen molar-refractivity contribution in [2.75, 3.05) is 0 Å². The molecule has 1 saturated carbocycles. The Balaban J connectivity index is 1.81. The third-order valence-electron chi connectivity index (χ3n) is 4.87. The summed E-state index contributed by atoms with van der Waals surface area (Å²) in [5.41, 5.74) is 1.23. The second-order valence-electron chi connectivity index (χ2n) is 7.88. The molecule has 27 heavy (non-hydrogen) atoms. The van der Waals surface area contributed by atoms with Gasteiger partial charge in [-0.25, -0.2) is 0 Å². The molecule has 0 radical (unpaired) electrons. The van der Waals surface area contributed by atoms with Crippen LogP contribution >= 0.6 is 11.8 Å². The third-order valence-corrected chi connectivity index (χ3v) is 5.94. The molecular weight excluding hydrogens is 356 g/mol. The van der Waals surface area contributed by atoms with Crippen LogP contribution in [0.5, 0.6) is 0 Å². The van der Waals surface area contributed by atoms with Crippen LogP contribution in [0.1, 0.15) is 64.8 Å². The molecule has 0 N–H and O–H groups in total. The molecule has 146 valence electrons. The number of hydrogen-bond acceptors (Lipinski definition) is 4. The molecule has 0 spiro atoms. The number of carbonyl (C=O) groups is 1. The lowest BCUT2D eigenvalue weighted by molar-refractivity contribution is -0.133. The molecule has 2 aromatic rings. The summed E-state index contributed by atoms with van der Waals surface area (Å²) in [6.07, 6.45) is 2.36. The van der Waals surface area contributed by atoms with Crippen molar-refractivity contribution in [3.05, 3.63) is 41.7 Å². The SMILES string of the molecule is CC(Sc1nnc(C2CC2)n1Cc1ccccc1)C(=O)N(C(C)C)C(C)C. The van der Waals surface area contributed by atoms with E-state index < -0.39 is 0 Å². The van der Waals surface area contributed by atoms with Crippen LogP contribution in [0.15, 0.2) is 35.5 Å². The molecule has 0 bridgehead atoms. The Morgan fingerprint density at radius 2 is 1.74 bits per heavy atom. The number of amides is 1. The number of thioether (sulfide) groups is 1. The zero-order valence-corrected chi connectivity index (χ0v) is 17.7. The van der Waals surface area contributed by atoms with Gasteiger partial charge in [0.05, 0.1) is 11.8 Å². The van der Waals surface area contributed by atoms with Crippen molar-refractivity contribution in [3.8, 4) is 0 Å². The normalized spacial score (nSPS) is 15.4. The predicted octanol–water partition coefficient (Wildman–Crippen LogP) is 4.33. The Morgan fingerprint density at radius 1 is 1.11 bits per heavy atom. The van der Waals surface area contributed by atoms with E-state index in [0.717, 1.165) is 17.5 Å². The monoisotopic (exact) mass is 386 g/mol. The highest BCUT2D eigenvalue weighted by Crippen LogP contribution is 2.40. The van der Waals surface area contributed by atoms with Crippen molar-refractivity contribution in [2.24, 2.45) is 0 Å². The number of carbonyl (C=O) groups excluding carboxylic acids is 1. The average molecular weight is 387 g/mol. The quantitative estimate of drug-likeness (QED) is 0.634. The van der Waals surface area contributed by atoms with Gasteiger partial charge >= 0.3 is 0 Å². The summed E-state index contributed by atoms with van der Waals surface area (Å²) >= 11 is 1.52. The largest absolute Gasteiger partial charge is 0.337 e. The van der Waals surface area contributed by atoms with Gasteiger partial charge in [0, 0.05) is 18.0 Å². The molecule has 1 aliphatic rings. The summed E-state index contributed by atoms with van der Waals surface area (Å²) in [5.74, 6) is 1.74. The Hall–Kier alpha value is -1.82. The predicted molar refractivity (Wildman–Crippen MR) is 110 cm³/mol. The summed E-state index contributed by atoms with van der Waals surface area (Å²) in [5, 5.41) is 9.57. The van der Waals surface area contributed by atoms with Gasteiger partial charge in [0.15, 0.2) is 5.16 Å². The fourth-order valence-electron chi connectivity index (χ4n) is 3.47. The first kappa shape index (κ1) is 19.9. The van der Waals surface area contributed by atoms with E-state index in [9.17, 15) is 4.79 Å². The minimum absolute atomic E-state index is 0.159. The molecule has 1 amide bonds. The first-order valence-corrected chi connectivity index (χ1v) is 10.7. The Bertz CT molecular complexity index is 760. The molecule has 1 unspecified atom stereocenters. The van der Waals surface area contributed by atoms with Gasteiger partial charge in [0.2, 0.25) is 5.91 Å². The van der Waals surface area contributed by atoms with Crippen molar-refractivity contribution in [1.82, 2.24) is 19.7 Å². The van der Waals surface area contributed by atoms with Crippen LogP contribution in [0.4, 0.5) is 0 Å². The van der Waals surface area contributed by atoms with Gasteiger partial charge in [-0.3, -0.25) is 4.79 Å². The maximum atomic E-state index is 13.0. The van der Waals surface area contributed by atoms with Crippen LogP contribution in [0.25, 0.3) is 0 Å². The summed E-state index contributed by atoms with van der Waals surface area (Å²) in [4.78, 5) is 15.0. The zero-order chi connectivity index (χ0) is 19.6. The Morgan fingerprint density at radius 3 is 2.30 bits per heavy atom. The molecular formula is C21H30N4OS. The fraction of sp³-hybridized carbons (Fsp3) is 0.571. The van der Waals surface area contributed by atoms with E-state index in [4.69, 9.17) is 0 Å². The molecule has 1 atom stereocenters. The van der Waals surface area contributed by atoms with Gasteiger partial charge in [0.25, 0.3) is 0 Å². The third kappa shape index (κ3) is 4.72. The van der Waals surface area contributed by atoms with E-state index in [-0.39, 0.29) is 23.2 Å². The molecule has 5 nitrogen and oxygen atoms in total. The summed E-state index contributed by atoms with van der Waals surface area (Å²) in [7, 11) is 0. The lowest BCUT2D eigenvalue weighted by Gasteiger charge is -2.32. The second kappa shape index (κ2) is 8.46. The number of benzene rings is 1. The maximum Gasteiger partial charge on any atom is 0.236 e. The van der Waals surface area contributed by atoms with Crippen LogP contribution in [-0.4, -0.2) is 42.9 Å². The van der Waals surface area contributed by atoms with Crippen LogP contribution in [0.3, 0.4) is 0 Å². The molecule has 0 saturated heterocycles. The Kier molecular flexibility index (Phi) is 6.25. The topological polar surface area (TPSA) is 51.0 Å². The van der Waals surface area contributed by atoms with Gasteiger partial charge in [-0.2, -0.15) is 0 Å². The van der Waals surface area contributed by atoms with E-state index in [0.29, 0.717) is 5.92 Å². The highest BCUT2D eigenvalue weighted by atomic mass is 32.2. The summed E-state index contributed by atoms with van der Waals surface area (Å²) in [6, 6.07) is 10.8. The summed E-state index contributed by atoms with van der Waals surface area (Å²) in [6.45, 7) is 11.0. The van der Waals surface area contributed by atoms with Gasteiger partial charge in [0.1, 0.15) is 5.82 Å². The van der Waals surface area contributed by atoms with E-state index >= 15 is 0 Å². The fourth-order valence-corrected chi connectivity index (χ4v) is 4.38. The first-order valence-electron chi connectivity index (χ1n) is 9.84. The zero-order valence-electron chi connectivity index (χ0n) is 16.9. The van der Waals surface area contributed by atoms with E-state index in [1.807, 2.05) is 17.9 Å². The van der Waals surface area contributed by atoms with Gasteiger partial charge < -0.3 is 9.47 Å².